The summed E-state index contributed by atoms with van der Waals surface area (Å²) in [5, 5.41) is 4.25. The highest BCUT2D eigenvalue weighted by molar-refractivity contribution is 7.99. The van der Waals surface area contributed by atoms with E-state index in [2.05, 4.69) is 27.3 Å². The van der Waals surface area contributed by atoms with E-state index in [0.29, 0.717) is 17.1 Å². The Morgan fingerprint density at radius 2 is 1.87 bits per heavy atom. The summed E-state index contributed by atoms with van der Waals surface area (Å²) in [5.74, 6) is 0.0982. The molecule has 3 heterocycles. The van der Waals surface area contributed by atoms with Gasteiger partial charge in [-0.25, -0.2) is 4.98 Å². The van der Waals surface area contributed by atoms with Crippen molar-refractivity contribution >= 4 is 50.6 Å². The smallest absolute Gasteiger partial charge is 0.263 e. The third kappa shape index (κ3) is 4.65. The largest absolute Gasteiger partial charge is 0.372 e. The number of carbonyl (C=O) groups is 1. The van der Waals surface area contributed by atoms with E-state index >= 15 is 0 Å². The van der Waals surface area contributed by atoms with Crippen LogP contribution in [0.5, 0.6) is 0 Å². The number of carbonyl (C=O) groups excluding carboxylic acids is 1. The number of rotatable bonds is 6. The predicted octanol–water partition coefficient (Wildman–Crippen LogP) is 4.82. The van der Waals surface area contributed by atoms with E-state index < -0.39 is 0 Å². The minimum atomic E-state index is -0.105. The van der Waals surface area contributed by atoms with Gasteiger partial charge in [-0.05, 0) is 69.9 Å². The van der Waals surface area contributed by atoms with Gasteiger partial charge in [0.2, 0.25) is 5.91 Å². The quantitative estimate of drug-likeness (QED) is 0.426. The predicted molar refractivity (Wildman–Crippen MR) is 131 cm³/mol. The molecule has 0 radical (unpaired) electrons. The minimum absolute atomic E-state index is 0.0226. The summed E-state index contributed by atoms with van der Waals surface area (Å²) in [6.07, 6.45) is 3.79. The first-order valence-corrected chi connectivity index (χ1v) is 12.6. The molecule has 4 rings (SSSR count). The Kier molecular flexibility index (Phi) is 6.67. The van der Waals surface area contributed by atoms with E-state index in [9.17, 15) is 9.59 Å². The van der Waals surface area contributed by atoms with Crippen LogP contribution in [0.15, 0.2) is 34.2 Å². The monoisotopic (exact) mass is 456 g/mol. The lowest BCUT2D eigenvalue weighted by atomic mass is 10.1. The van der Waals surface area contributed by atoms with Crippen LogP contribution in [0.1, 0.15) is 36.6 Å². The zero-order chi connectivity index (χ0) is 22.0. The molecule has 0 spiro atoms. The molecule has 1 aromatic carbocycles. The lowest BCUT2D eigenvalue weighted by Crippen LogP contribution is -2.29. The second kappa shape index (κ2) is 9.44. The number of thiophene rings is 1. The number of nitrogens with one attached hydrogen (secondary N) is 1. The van der Waals surface area contributed by atoms with Gasteiger partial charge in [0.05, 0.1) is 11.1 Å². The molecule has 6 nitrogen and oxygen atoms in total. The number of amides is 1. The number of thioether (sulfide) groups is 1. The second-order valence-corrected chi connectivity index (χ2v) is 9.98. The van der Waals surface area contributed by atoms with Gasteiger partial charge in [0.1, 0.15) is 4.83 Å². The number of fused-ring (bicyclic) bond motifs is 1. The fraction of sp³-hybridized carbons (Fsp3) is 0.435. The number of hydrogen-bond donors (Lipinski definition) is 1. The van der Waals surface area contributed by atoms with Gasteiger partial charge in [0.15, 0.2) is 5.16 Å². The fourth-order valence-electron chi connectivity index (χ4n) is 3.93. The Morgan fingerprint density at radius 3 is 2.55 bits per heavy atom. The van der Waals surface area contributed by atoms with Gasteiger partial charge in [-0.3, -0.25) is 14.2 Å². The second-order valence-electron chi connectivity index (χ2n) is 7.84. The molecule has 3 aromatic rings. The van der Waals surface area contributed by atoms with Gasteiger partial charge in [-0.15, -0.1) is 11.3 Å². The molecule has 1 amide bonds. The standard InChI is InChI=1S/C23H28N4O2S2/c1-4-27-22(29)20-15(2)16(3)31-21(20)25-23(27)30-14-19(28)24-17-8-10-18(11-9-17)26-12-6-5-7-13-26/h8-11H,4-7,12-14H2,1-3H3,(H,24,28). The molecule has 8 heteroatoms. The van der Waals surface area contributed by atoms with Gasteiger partial charge in [-0.2, -0.15) is 0 Å². The third-order valence-corrected chi connectivity index (χ3v) is 7.85. The third-order valence-electron chi connectivity index (χ3n) is 5.77. The Morgan fingerprint density at radius 1 is 1.16 bits per heavy atom. The van der Waals surface area contributed by atoms with Crippen LogP contribution >= 0.6 is 23.1 Å². The molecule has 0 aliphatic carbocycles. The first-order valence-electron chi connectivity index (χ1n) is 10.8. The summed E-state index contributed by atoms with van der Waals surface area (Å²) in [4.78, 5) is 34.4. The highest BCUT2D eigenvalue weighted by Gasteiger charge is 2.17. The van der Waals surface area contributed by atoms with Crippen LogP contribution in [-0.2, 0) is 11.3 Å². The molecule has 1 N–H and O–H groups in total. The maximum absolute atomic E-state index is 12.9. The van der Waals surface area contributed by atoms with Crippen LogP contribution in [0.4, 0.5) is 11.4 Å². The molecule has 164 valence electrons. The molecular weight excluding hydrogens is 428 g/mol. The first kappa shape index (κ1) is 21.9. The Labute approximate surface area is 190 Å². The lowest BCUT2D eigenvalue weighted by Gasteiger charge is -2.28. The summed E-state index contributed by atoms with van der Waals surface area (Å²) < 4.78 is 1.66. The number of nitrogens with zero attached hydrogens (tertiary/aromatic N) is 3. The van der Waals surface area contributed by atoms with Crippen LogP contribution in [0.3, 0.4) is 0 Å². The molecule has 1 aliphatic rings. The Hall–Kier alpha value is -2.32. The zero-order valence-electron chi connectivity index (χ0n) is 18.2. The van der Waals surface area contributed by atoms with Gasteiger partial charge >= 0.3 is 0 Å². The van der Waals surface area contributed by atoms with Crippen molar-refractivity contribution in [3.63, 3.8) is 0 Å². The first-order chi connectivity index (χ1) is 15.0. The highest BCUT2D eigenvalue weighted by atomic mass is 32.2. The van der Waals surface area contributed by atoms with E-state index in [1.165, 1.54) is 48.0 Å². The summed E-state index contributed by atoms with van der Waals surface area (Å²) >= 11 is 2.84. The normalized spacial score (nSPS) is 14.2. The number of benzene rings is 1. The Balaban J connectivity index is 1.43. The molecule has 2 aromatic heterocycles. The molecular formula is C23H28N4O2S2. The van der Waals surface area contributed by atoms with Crippen molar-refractivity contribution in [3.8, 4) is 0 Å². The van der Waals surface area contributed by atoms with Gasteiger partial charge in [0, 0.05) is 35.9 Å². The highest BCUT2D eigenvalue weighted by Crippen LogP contribution is 2.28. The SMILES string of the molecule is CCn1c(SCC(=O)Nc2ccc(N3CCCCC3)cc2)nc2sc(C)c(C)c2c1=O. The summed E-state index contributed by atoms with van der Waals surface area (Å²) in [6, 6.07) is 8.05. The van der Waals surface area contributed by atoms with Crippen molar-refractivity contribution < 1.29 is 4.79 Å². The summed E-state index contributed by atoms with van der Waals surface area (Å²) in [7, 11) is 0. The average molecular weight is 457 g/mol. The summed E-state index contributed by atoms with van der Waals surface area (Å²) in [5.41, 5.74) is 2.97. The number of hydrogen-bond acceptors (Lipinski definition) is 6. The van der Waals surface area contributed by atoms with E-state index in [1.54, 1.807) is 4.57 Å². The summed E-state index contributed by atoms with van der Waals surface area (Å²) in [6.45, 7) is 8.63. The van der Waals surface area contributed by atoms with Crippen LogP contribution in [0, 0.1) is 13.8 Å². The lowest BCUT2D eigenvalue weighted by molar-refractivity contribution is -0.113. The van der Waals surface area contributed by atoms with E-state index in [0.717, 1.165) is 34.0 Å². The molecule has 0 saturated carbocycles. The molecule has 31 heavy (non-hydrogen) atoms. The maximum Gasteiger partial charge on any atom is 0.263 e. The van der Waals surface area contributed by atoms with Crippen molar-refractivity contribution in [3.05, 3.63) is 45.1 Å². The Bertz CT molecular complexity index is 1150. The molecule has 0 atom stereocenters. The number of aryl methyl sites for hydroxylation is 2. The van der Waals surface area contributed by atoms with Crippen LogP contribution < -0.4 is 15.8 Å². The topological polar surface area (TPSA) is 67.2 Å². The molecule has 0 unspecified atom stereocenters. The van der Waals surface area contributed by atoms with Crippen molar-refractivity contribution in [2.75, 3.05) is 29.1 Å². The zero-order valence-corrected chi connectivity index (χ0v) is 19.9. The van der Waals surface area contributed by atoms with Crippen LogP contribution in [0.2, 0.25) is 0 Å². The van der Waals surface area contributed by atoms with Crippen LogP contribution in [-0.4, -0.2) is 34.3 Å². The molecule has 1 fully saturated rings. The van der Waals surface area contributed by atoms with Crippen LogP contribution in [0.25, 0.3) is 10.2 Å². The van der Waals surface area contributed by atoms with Crippen molar-refractivity contribution in [2.45, 2.75) is 51.7 Å². The van der Waals surface area contributed by atoms with Crippen molar-refractivity contribution in [1.82, 2.24) is 9.55 Å². The van der Waals surface area contributed by atoms with Gasteiger partial charge in [-0.1, -0.05) is 11.8 Å². The van der Waals surface area contributed by atoms with E-state index in [1.807, 2.05) is 32.9 Å². The molecule has 0 bridgehead atoms. The minimum Gasteiger partial charge on any atom is -0.372 e. The van der Waals surface area contributed by atoms with Crippen molar-refractivity contribution in [1.29, 1.82) is 0 Å². The van der Waals surface area contributed by atoms with E-state index in [4.69, 9.17) is 0 Å². The molecule has 1 saturated heterocycles. The van der Waals surface area contributed by atoms with Crippen molar-refractivity contribution in [2.24, 2.45) is 0 Å². The van der Waals surface area contributed by atoms with Gasteiger partial charge < -0.3 is 10.2 Å². The van der Waals surface area contributed by atoms with E-state index in [-0.39, 0.29) is 17.2 Å². The number of aromatic nitrogens is 2. The maximum atomic E-state index is 12.9. The molecule has 1 aliphatic heterocycles. The number of anilines is 2. The number of piperidine rings is 1. The fourth-order valence-corrected chi connectivity index (χ4v) is 5.87. The van der Waals surface area contributed by atoms with Gasteiger partial charge in [0.25, 0.3) is 5.56 Å². The average Bonchev–Trinajstić information content (AvgIpc) is 3.07.